The van der Waals surface area contributed by atoms with Gasteiger partial charge in [-0.15, -0.1) is 0 Å². The number of carbonyl (C=O) groups is 1. The van der Waals surface area contributed by atoms with Crippen LogP contribution in [0.3, 0.4) is 0 Å². The second-order valence-electron chi connectivity index (χ2n) is 6.85. The average Bonchev–Trinajstić information content (AvgIpc) is 2.76. The van der Waals surface area contributed by atoms with E-state index in [9.17, 15) is 4.79 Å². The summed E-state index contributed by atoms with van der Waals surface area (Å²) in [5.74, 6) is 2.31. The molecule has 0 saturated carbocycles. The normalized spacial score (nSPS) is 13.3. The zero-order chi connectivity index (χ0) is 21.3. The summed E-state index contributed by atoms with van der Waals surface area (Å²) in [5.41, 5.74) is 3.03. The van der Waals surface area contributed by atoms with Crippen molar-refractivity contribution < 1.29 is 14.3 Å². The number of nitrogens with one attached hydrogen (secondary N) is 3. The minimum atomic E-state index is 0.0634. The lowest BCUT2D eigenvalue weighted by Crippen LogP contribution is -2.40. The molecule has 30 heavy (non-hydrogen) atoms. The van der Waals surface area contributed by atoms with E-state index in [4.69, 9.17) is 21.1 Å². The van der Waals surface area contributed by atoms with Gasteiger partial charge in [0.2, 0.25) is 5.91 Å². The first kappa shape index (κ1) is 21.8. The zero-order valence-corrected chi connectivity index (χ0v) is 18.0. The maximum atomic E-state index is 11.4. The molecule has 1 amide bonds. The maximum absolute atomic E-state index is 11.4. The summed E-state index contributed by atoms with van der Waals surface area (Å²) in [6.45, 7) is 1.80. The van der Waals surface area contributed by atoms with Crippen LogP contribution in [0.15, 0.2) is 41.4 Å². The zero-order valence-electron chi connectivity index (χ0n) is 17.3. The summed E-state index contributed by atoms with van der Waals surface area (Å²) in [6.07, 6.45) is 2.03. The summed E-state index contributed by atoms with van der Waals surface area (Å²) in [4.78, 5) is 15.7. The van der Waals surface area contributed by atoms with E-state index in [2.05, 4.69) is 20.9 Å². The van der Waals surface area contributed by atoms with E-state index in [1.807, 2.05) is 36.4 Å². The van der Waals surface area contributed by atoms with Crippen LogP contribution in [0.5, 0.6) is 11.5 Å². The standard InChI is InChI=1S/C22H27ClN4O3/c1-24-22(25-10-9-15-3-5-17(29-2)14-19(15)23)26-11-12-30-18-6-7-20-16(13-18)4-8-21(28)27-20/h3,5-7,13-14H,4,8-12H2,1-2H3,(H,27,28)(H2,24,25,26). The largest absolute Gasteiger partial charge is 0.497 e. The van der Waals surface area contributed by atoms with Crippen molar-refractivity contribution in [3.63, 3.8) is 0 Å². The van der Waals surface area contributed by atoms with E-state index >= 15 is 0 Å². The van der Waals surface area contributed by atoms with E-state index in [0.29, 0.717) is 37.1 Å². The molecular formula is C22H27ClN4O3. The highest BCUT2D eigenvalue weighted by molar-refractivity contribution is 6.31. The monoisotopic (exact) mass is 430 g/mol. The predicted octanol–water partition coefficient (Wildman–Crippen LogP) is 3.02. The number of hydrogen-bond acceptors (Lipinski definition) is 4. The number of carbonyl (C=O) groups excluding carboxylic acids is 1. The first-order valence-corrected chi connectivity index (χ1v) is 10.3. The van der Waals surface area contributed by atoms with Crippen LogP contribution in [0.25, 0.3) is 0 Å². The number of halogens is 1. The van der Waals surface area contributed by atoms with E-state index in [-0.39, 0.29) is 5.91 Å². The molecule has 7 nitrogen and oxygen atoms in total. The Morgan fingerprint density at radius 2 is 1.93 bits per heavy atom. The predicted molar refractivity (Wildman–Crippen MR) is 120 cm³/mol. The number of ether oxygens (including phenoxy) is 2. The van der Waals surface area contributed by atoms with Gasteiger partial charge in [-0.1, -0.05) is 17.7 Å². The van der Waals surface area contributed by atoms with Crippen molar-refractivity contribution in [1.29, 1.82) is 0 Å². The summed E-state index contributed by atoms with van der Waals surface area (Å²) < 4.78 is 11.0. The maximum Gasteiger partial charge on any atom is 0.224 e. The molecule has 0 aromatic heterocycles. The van der Waals surface area contributed by atoms with Crippen molar-refractivity contribution in [2.45, 2.75) is 19.3 Å². The molecule has 8 heteroatoms. The van der Waals surface area contributed by atoms with Gasteiger partial charge in [-0.3, -0.25) is 9.79 Å². The van der Waals surface area contributed by atoms with Gasteiger partial charge in [0, 0.05) is 30.7 Å². The molecule has 0 radical (unpaired) electrons. The third-order valence-electron chi connectivity index (χ3n) is 4.81. The van der Waals surface area contributed by atoms with Crippen LogP contribution in [0.2, 0.25) is 5.02 Å². The molecule has 1 aliphatic rings. The Labute approximate surface area is 181 Å². The molecule has 0 saturated heterocycles. The second-order valence-corrected chi connectivity index (χ2v) is 7.26. The molecule has 1 heterocycles. The van der Waals surface area contributed by atoms with Crippen molar-refractivity contribution in [2.75, 3.05) is 39.2 Å². The Hall–Kier alpha value is -2.93. The van der Waals surface area contributed by atoms with Crippen LogP contribution in [0, 0.1) is 0 Å². The molecule has 0 unspecified atom stereocenters. The number of rotatable bonds is 8. The van der Waals surface area contributed by atoms with E-state index < -0.39 is 0 Å². The number of benzene rings is 2. The van der Waals surface area contributed by atoms with E-state index in [1.165, 1.54) is 0 Å². The Balaban J connectivity index is 1.38. The lowest BCUT2D eigenvalue weighted by molar-refractivity contribution is -0.116. The fourth-order valence-corrected chi connectivity index (χ4v) is 3.45. The first-order valence-electron chi connectivity index (χ1n) is 9.91. The molecule has 0 spiro atoms. The number of nitrogens with zero attached hydrogens (tertiary/aromatic N) is 1. The van der Waals surface area contributed by atoms with Crippen molar-refractivity contribution in [3.8, 4) is 11.5 Å². The molecule has 0 fully saturated rings. The van der Waals surface area contributed by atoms with Crippen molar-refractivity contribution in [1.82, 2.24) is 10.6 Å². The lowest BCUT2D eigenvalue weighted by atomic mass is 10.0. The first-order chi connectivity index (χ1) is 14.6. The molecule has 2 aromatic rings. The number of fused-ring (bicyclic) bond motifs is 1. The van der Waals surface area contributed by atoms with Gasteiger partial charge in [0.25, 0.3) is 0 Å². The van der Waals surface area contributed by atoms with Crippen LogP contribution in [0.4, 0.5) is 5.69 Å². The SMILES string of the molecule is CN=C(NCCOc1ccc2c(c1)CCC(=O)N2)NCCc1ccc(OC)cc1Cl. The highest BCUT2D eigenvalue weighted by Gasteiger charge is 2.15. The van der Waals surface area contributed by atoms with Crippen LogP contribution in [-0.2, 0) is 17.6 Å². The van der Waals surface area contributed by atoms with Gasteiger partial charge < -0.3 is 25.4 Å². The molecule has 3 N–H and O–H groups in total. The number of aliphatic imine (C=N–C) groups is 1. The number of hydrogen-bond donors (Lipinski definition) is 3. The smallest absolute Gasteiger partial charge is 0.224 e. The summed E-state index contributed by atoms with van der Waals surface area (Å²) in [6, 6.07) is 11.4. The Bertz CT molecular complexity index is 917. The topological polar surface area (TPSA) is 84.0 Å². The van der Waals surface area contributed by atoms with E-state index in [0.717, 1.165) is 41.2 Å². The Morgan fingerprint density at radius 1 is 1.13 bits per heavy atom. The highest BCUT2D eigenvalue weighted by Crippen LogP contribution is 2.26. The fourth-order valence-electron chi connectivity index (χ4n) is 3.18. The van der Waals surface area contributed by atoms with Gasteiger partial charge >= 0.3 is 0 Å². The molecule has 0 aliphatic carbocycles. The Kier molecular flexibility index (Phi) is 7.79. The van der Waals surface area contributed by atoms with Crippen molar-refractivity contribution in [2.24, 2.45) is 4.99 Å². The highest BCUT2D eigenvalue weighted by atomic mass is 35.5. The van der Waals surface area contributed by atoms with Crippen LogP contribution in [-0.4, -0.2) is 45.7 Å². The van der Waals surface area contributed by atoms with Crippen LogP contribution in [0.1, 0.15) is 17.5 Å². The molecular weight excluding hydrogens is 404 g/mol. The minimum Gasteiger partial charge on any atom is -0.497 e. The van der Waals surface area contributed by atoms with Crippen LogP contribution >= 0.6 is 11.6 Å². The molecule has 2 aromatic carbocycles. The summed E-state index contributed by atoms with van der Waals surface area (Å²) in [5, 5.41) is 10.1. The summed E-state index contributed by atoms with van der Waals surface area (Å²) >= 11 is 6.28. The third kappa shape index (κ3) is 6.03. The second kappa shape index (κ2) is 10.7. The average molecular weight is 431 g/mol. The number of amides is 1. The quantitative estimate of drug-likeness (QED) is 0.340. The molecule has 160 valence electrons. The number of anilines is 1. The van der Waals surface area contributed by atoms with Gasteiger partial charge in [-0.2, -0.15) is 0 Å². The molecule has 0 atom stereocenters. The van der Waals surface area contributed by atoms with E-state index in [1.54, 1.807) is 14.2 Å². The van der Waals surface area contributed by atoms with Gasteiger partial charge in [0.15, 0.2) is 5.96 Å². The van der Waals surface area contributed by atoms with Crippen molar-refractivity contribution in [3.05, 3.63) is 52.5 Å². The molecule has 1 aliphatic heterocycles. The van der Waals surface area contributed by atoms with Crippen molar-refractivity contribution >= 4 is 29.2 Å². The van der Waals surface area contributed by atoms with Gasteiger partial charge in [-0.05, 0) is 54.3 Å². The van der Waals surface area contributed by atoms with Gasteiger partial charge in [-0.25, -0.2) is 0 Å². The molecule has 3 rings (SSSR count). The number of guanidine groups is 1. The third-order valence-corrected chi connectivity index (χ3v) is 5.16. The van der Waals surface area contributed by atoms with Gasteiger partial charge in [0.05, 0.1) is 13.7 Å². The fraction of sp³-hybridized carbons (Fsp3) is 0.364. The Morgan fingerprint density at radius 3 is 2.70 bits per heavy atom. The minimum absolute atomic E-state index is 0.0634. The van der Waals surface area contributed by atoms with Crippen LogP contribution < -0.4 is 25.4 Å². The lowest BCUT2D eigenvalue weighted by Gasteiger charge is -2.18. The number of methoxy groups -OCH3 is 1. The molecule has 0 bridgehead atoms. The number of aryl methyl sites for hydroxylation is 1. The summed E-state index contributed by atoms with van der Waals surface area (Å²) in [7, 11) is 3.35. The van der Waals surface area contributed by atoms with Gasteiger partial charge in [0.1, 0.15) is 18.1 Å².